The van der Waals surface area contributed by atoms with Gasteiger partial charge < -0.3 is 78.3 Å². The normalized spacial score (nSPS) is 21.6. The summed E-state index contributed by atoms with van der Waals surface area (Å²) < 4.78 is 24.2. The van der Waals surface area contributed by atoms with Crippen LogP contribution in [0.2, 0.25) is 0 Å². The number of aliphatic hydroxyl groups excluding tert-OH is 3. The number of hydrogen-bond donors (Lipinski definition) is 11. The number of esters is 1. The number of aldehydes is 1. The summed E-state index contributed by atoms with van der Waals surface area (Å²) in [5, 5.41) is 68.6. The summed E-state index contributed by atoms with van der Waals surface area (Å²) in [7, 11) is 0. The minimum absolute atomic E-state index is 0.0137. The summed E-state index contributed by atoms with van der Waals surface area (Å²) in [6.45, 7) is 1.02. The van der Waals surface area contributed by atoms with E-state index in [0.29, 0.717) is 11.8 Å². The number of aliphatic hydroxyl groups is 5. The third-order valence-corrected chi connectivity index (χ3v) is 12.5. The van der Waals surface area contributed by atoms with Crippen LogP contribution >= 0.6 is 0 Å². The summed E-state index contributed by atoms with van der Waals surface area (Å²) in [5.41, 5.74) is 29.1. The first-order valence-corrected chi connectivity index (χ1v) is 22.6. The monoisotopic (exact) mass is 976 g/mol. The molecule has 16 N–H and O–H groups in total. The standard InChI is InChI=1S/C51H56N6O14/c1-24-46(65)51(66,67)47(68-17-16-57-50(55)56)49(69-24)71-45-34-11-5-9-30(52)13-14-31(61)19-27-7-3-6-26(18-27)12-15-33-37(70-25(2)60)21-29(22-58)38-39(33)44(64)40(34)41(43(38)63)42(62)35(45)20-28-8-4-10-32(48(53)54)36(28)23-59/h3-4,6-8,10,12,15,18,21,23-24,30-31,46-49,58,61-62,65-67H,11,13-14,16-17,19-20,22,52-54H2,1-2H3,(H4,55,56,57). The minimum Gasteiger partial charge on any atom is -0.507 e. The molecule has 20 nitrogen and oxygen atoms in total. The maximum Gasteiger partial charge on any atom is 0.308 e. The third kappa shape index (κ3) is 10.8. The van der Waals surface area contributed by atoms with Gasteiger partial charge in [-0.15, -0.1) is 0 Å². The fourth-order valence-corrected chi connectivity index (χ4v) is 9.11. The molecule has 0 amide bonds. The molecular weight excluding hydrogens is 921 g/mol. The number of nitrogens with two attached hydrogens (primary N) is 5. The molecule has 4 aromatic rings. The van der Waals surface area contributed by atoms with Gasteiger partial charge in [0.25, 0.3) is 0 Å². The van der Waals surface area contributed by atoms with Crippen molar-refractivity contribution in [2.45, 2.75) is 101 Å². The number of rotatable bonds is 12. The number of ether oxygens (including phenoxy) is 4. The van der Waals surface area contributed by atoms with Crippen molar-refractivity contribution in [3.63, 3.8) is 0 Å². The summed E-state index contributed by atoms with van der Waals surface area (Å²) in [4.78, 5) is 60.4. The van der Waals surface area contributed by atoms with Crippen LogP contribution < -0.4 is 38.1 Å². The third-order valence-electron chi connectivity index (χ3n) is 12.5. The first kappa shape index (κ1) is 52.0. The molecule has 0 spiro atoms. The Morgan fingerprint density at radius 3 is 2.42 bits per heavy atom. The summed E-state index contributed by atoms with van der Waals surface area (Å²) in [6.07, 6.45) is -5.87. The predicted molar refractivity (Wildman–Crippen MR) is 257 cm³/mol. The average molecular weight is 977 g/mol. The van der Waals surface area contributed by atoms with Crippen LogP contribution in [-0.4, -0.2) is 116 Å². The number of hydrogen-bond acceptors (Lipinski definition) is 18. The smallest absolute Gasteiger partial charge is 0.308 e. The highest BCUT2D eigenvalue weighted by Gasteiger charge is 2.56. The van der Waals surface area contributed by atoms with Gasteiger partial charge in [0.15, 0.2) is 29.9 Å². The number of guanidine groups is 1. The van der Waals surface area contributed by atoms with Gasteiger partial charge in [0, 0.05) is 58.7 Å². The molecule has 71 heavy (non-hydrogen) atoms. The molecule has 2 aliphatic carbocycles. The van der Waals surface area contributed by atoms with Crippen molar-refractivity contribution in [3.8, 4) is 29.1 Å². The highest BCUT2D eigenvalue weighted by molar-refractivity contribution is 6.32. The first-order chi connectivity index (χ1) is 33.8. The Hall–Kier alpha value is -6.87. The van der Waals surface area contributed by atoms with E-state index < -0.39 is 108 Å². The lowest BCUT2D eigenvalue weighted by Gasteiger charge is -2.46. The van der Waals surface area contributed by atoms with Gasteiger partial charge in [-0.3, -0.25) is 24.2 Å². The highest BCUT2D eigenvalue weighted by Crippen LogP contribution is 2.48. The molecule has 7 rings (SSSR count). The number of phenols is 1. The second-order valence-corrected chi connectivity index (χ2v) is 17.5. The Kier molecular flexibility index (Phi) is 15.8. The van der Waals surface area contributed by atoms with Crippen LogP contribution in [-0.2, 0) is 40.1 Å². The number of nitrogens with zero attached hydrogens (tertiary/aromatic N) is 1. The van der Waals surface area contributed by atoms with Crippen molar-refractivity contribution >= 4 is 41.9 Å². The highest BCUT2D eigenvalue weighted by atomic mass is 16.7. The van der Waals surface area contributed by atoms with Crippen LogP contribution in [0.4, 0.5) is 0 Å². The first-order valence-electron chi connectivity index (χ1n) is 22.6. The SMILES string of the molecule is CC(=O)Oc1cc(CO)c2c3c1C=Cc1cccc(c1)CC(O)CCC(N)C#CCc1c(OC4OC(C)C(O)C(O)(O)C4OCCN=C(N)N)c(Cc4cccc(C(N)N)c4C=O)c(O)c(c1C3=O)C2=O. The Bertz CT molecular complexity index is 2880. The van der Waals surface area contributed by atoms with Crippen LogP contribution in [0.1, 0.15) is 120 Å². The van der Waals surface area contributed by atoms with E-state index in [9.17, 15) is 40.2 Å². The number of phenolic OH excluding ortho intramolecular Hbond substituents is 1. The minimum atomic E-state index is -3.10. The van der Waals surface area contributed by atoms with Crippen molar-refractivity contribution in [1.29, 1.82) is 0 Å². The van der Waals surface area contributed by atoms with Crippen molar-refractivity contribution < 1.29 is 68.8 Å². The van der Waals surface area contributed by atoms with E-state index in [0.717, 1.165) is 12.5 Å². The van der Waals surface area contributed by atoms with E-state index >= 15 is 9.59 Å². The summed E-state index contributed by atoms with van der Waals surface area (Å²) >= 11 is 0. The summed E-state index contributed by atoms with van der Waals surface area (Å²) in [6, 6.07) is 12.1. The number of aromatic hydroxyl groups is 1. The van der Waals surface area contributed by atoms with E-state index in [4.69, 9.17) is 47.6 Å². The number of aliphatic imine (C=N–C) groups is 1. The molecule has 374 valence electrons. The lowest BCUT2D eigenvalue weighted by atomic mass is 9.75. The lowest BCUT2D eigenvalue weighted by molar-refractivity contribution is -0.378. The van der Waals surface area contributed by atoms with Gasteiger partial charge in [-0.25, -0.2) is 0 Å². The molecule has 0 aromatic heterocycles. The van der Waals surface area contributed by atoms with Crippen LogP contribution in [0.3, 0.4) is 0 Å². The topological polar surface area (TPSA) is 369 Å². The molecule has 4 aromatic carbocycles. The number of ketones is 2. The molecule has 1 fully saturated rings. The maximum absolute atomic E-state index is 15.7. The second-order valence-electron chi connectivity index (χ2n) is 17.5. The van der Waals surface area contributed by atoms with Gasteiger partial charge >= 0.3 is 5.97 Å². The van der Waals surface area contributed by atoms with Crippen molar-refractivity contribution in [1.82, 2.24) is 0 Å². The van der Waals surface area contributed by atoms with Gasteiger partial charge in [0.1, 0.15) is 23.4 Å². The average Bonchev–Trinajstić information content (AvgIpc) is 3.31. The fraction of sp³-hybridized carbons (Fsp3) is 0.353. The Labute approximate surface area is 407 Å². The zero-order valence-corrected chi connectivity index (χ0v) is 38.8. The van der Waals surface area contributed by atoms with E-state index in [1.54, 1.807) is 30.3 Å². The quantitative estimate of drug-likeness (QED) is 0.0118. The second kappa shape index (κ2) is 21.6. The van der Waals surface area contributed by atoms with Gasteiger partial charge in [-0.2, -0.15) is 0 Å². The van der Waals surface area contributed by atoms with E-state index in [-0.39, 0.29) is 94.2 Å². The molecule has 1 heterocycles. The Balaban J connectivity index is 1.57. The van der Waals surface area contributed by atoms with E-state index in [1.807, 2.05) is 6.07 Å². The molecule has 3 aliphatic rings. The number of benzene rings is 4. The zero-order valence-electron chi connectivity index (χ0n) is 38.8. The molecule has 0 saturated carbocycles. The fourth-order valence-electron chi connectivity index (χ4n) is 9.11. The molecular formula is C51H56N6O14. The molecule has 1 aliphatic heterocycles. The maximum atomic E-state index is 15.7. The zero-order chi connectivity index (χ0) is 51.5. The molecule has 4 bridgehead atoms. The van der Waals surface area contributed by atoms with Crippen LogP contribution in [0.25, 0.3) is 12.2 Å². The molecule has 0 radical (unpaired) electrons. The van der Waals surface area contributed by atoms with Gasteiger partial charge in [-0.1, -0.05) is 60.4 Å². The van der Waals surface area contributed by atoms with Crippen molar-refractivity contribution in [2.24, 2.45) is 33.7 Å². The number of carbonyl (C=O) groups is 4. The predicted octanol–water partition coefficient (Wildman–Crippen LogP) is 0.469. The van der Waals surface area contributed by atoms with Crippen LogP contribution in [0, 0.1) is 11.8 Å². The molecule has 1 saturated heterocycles. The van der Waals surface area contributed by atoms with Gasteiger partial charge in [0.05, 0.1) is 49.7 Å². The van der Waals surface area contributed by atoms with Gasteiger partial charge in [0.2, 0.25) is 12.1 Å². The van der Waals surface area contributed by atoms with Crippen molar-refractivity contribution in [2.75, 3.05) is 13.2 Å². The number of fused-ring (bicyclic) bond motifs is 2. The van der Waals surface area contributed by atoms with Crippen LogP contribution in [0.5, 0.6) is 17.2 Å². The molecule has 6 atom stereocenters. The van der Waals surface area contributed by atoms with Crippen molar-refractivity contribution in [3.05, 3.63) is 121 Å². The van der Waals surface area contributed by atoms with Gasteiger partial charge in [-0.05, 0) is 66.1 Å². The largest absolute Gasteiger partial charge is 0.507 e. The van der Waals surface area contributed by atoms with E-state index in [2.05, 4.69) is 16.8 Å². The molecule has 20 heteroatoms. The van der Waals surface area contributed by atoms with E-state index in [1.165, 1.54) is 31.2 Å². The Morgan fingerprint density at radius 1 is 1.00 bits per heavy atom. The lowest BCUT2D eigenvalue weighted by Crippen LogP contribution is -2.67. The number of carbonyl (C=O) groups excluding carboxylic acids is 4. The van der Waals surface area contributed by atoms with Crippen LogP contribution in [0.15, 0.2) is 53.5 Å². The molecule has 6 unspecified atom stereocenters. The Morgan fingerprint density at radius 2 is 1.73 bits per heavy atom. The summed E-state index contributed by atoms with van der Waals surface area (Å²) in [5.74, 6) is -1.61.